The average Bonchev–Trinajstić information content (AvgIpc) is 2.98. The number of ether oxygens (including phenoxy) is 1. The monoisotopic (exact) mass is 388 g/mol. The van der Waals surface area contributed by atoms with Crippen LogP contribution in [0.15, 0.2) is 58.4 Å². The maximum Gasteiger partial charge on any atom is 0.308 e. The van der Waals surface area contributed by atoms with E-state index >= 15 is 0 Å². The van der Waals surface area contributed by atoms with Gasteiger partial charge in [-0.25, -0.2) is 4.98 Å². The van der Waals surface area contributed by atoms with E-state index in [4.69, 9.17) is 4.74 Å². The minimum absolute atomic E-state index is 0.348. The third kappa shape index (κ3) is 3.78. The SMILES string of the molecule is CC(=O)Oc1ccccc1-c1csc(Nc2ccccc2Br)n1. The van der Waals surface area contributed by atoms with Crippen molar-refractivity contribution in [1.29, 1.82) is 0 Å². The number of halogens is 1. The van der Waals surface area contributed by atoms with Gasteiger partial charge in [0.15, 0.2) is 5.13 Å². The quantitative estimate of drug-likeness (QED) is 0.490. The van der Waals surface area contributed by atoms with Crippen LogP contribution in [0.4, 0.5) is 10.8 Å². The number of para-hydroxylation sites is 2. The summed E-state index contributed by atoms with van der Waals surface area (Å²) < 4.78 is 6.21. The zero-order valence-corrected chi connectivity index (χ0v) is 14.6. The third-order valence-corrected chi connectivity index (χ3v) is 4.49. The summed E-state index contributed by atoms with van der Waals surface area (Å²) in [6.45, 7) is 1.39. The van der Waals surface area contributed by atoms with E-state index in [2.05, 4.69) is 26.2 Å². The van der Waals surface area contributed by atoms with Gasteiger partial charge in [-0.05, 0) is 40.2 Å². The van der Waals surface area contributed by atoms with Gasteiger partial charge < -0.3 is 10.1 Å². The Hall–Kier alpha value is -2.18. The smallest absolute Gasteiger partial charge is 0.308 e. The maximum absolute atomic E-state index is 11.2. The van der Waals surface area contributed by atoms with E-state index in [1.807, 2.05) is 47.8 Å². The summed E-state index contributed by atoms with van der Waals surface area (Å²) in [7, 11) is 0. The Morgan fingerprint density at radius 3 is 2.70 bits per heavy atom. The van der Waals surface area contributed by atoms with Crippen LogP contribution < -0.4 is 10.1 Å². The van der Waals surface area contributed by atoms with E-state index in [-0.39, 0.29) is 5.97 Å². The summed E-state index contributed by atoms with van der Waals surface area (Å²) in [4.78, 5) is 15.8. The molecule has 116 valence electrons. The number of benzene rings is 2. The van der Waals surface area contributed by atoms with Gasteiger partial charge in [0.25, 0.3) is 0 Å². The number of thiazole rings is 1. The first kappa shape index (κ1) is 15.7. The Bertz CT molecular complexity index is 848. The van der Waals surface area contributed by atoms with E-state index in [0.717, 1.165) is 26.5 Å². The lowest BCUT2D eigenvalue weighted by Gasteiger charge is -2.06. The molecule has 0 saturated carbocycles. The molecule has 2 aromatic carbocycles. The van der Waals surface area contributed by atoms with Gasteiger partial charge in [-0.2, -0.15) is 0 Å². The highest BCUT2D eigenvalue weighted by Gasteiger charge is 2.12. The van der Waals surface area contributed by atoms with Gasteiger partial charge in [-0.1, -0.05) is 24.3 Å². The van der Waals surface area contributed by atoms with E-state index in [1.165, 1.54) is 18.3 Å². The zero-order valence-electron chi connectivity index (χ0n) is 12.2. The fourth-order valence-corrected chi connectivity index (χ4v) is 3.16. The molecule has 6 heteroatoms. The van der Waals surface area contributed by atoms with Crippen molar-refractivity contribution in [2.75, 3.05) is 5.32 Å². The number of anilines is 2. The number of carbonyl (C=O) groups is 1. The molecule has 4 nitrogen and oxygen atoms in total. The van der Waals surface area contributed by atoms with Gasteiger partial charge in [-0.15, -0.1) is 11.3 Å². The van der Waals surface area contributed by atoms with Crippen LogP contribution in [0.2, 0.25) is 0 Å². The highest BCUT2D eigenvalue weighted by atomic mass is 79.9. The van der Waals surface area contributed by atoms with Crippen molar-refractivity contribution in [3.05, 3.63) is 58.4 Å². The Labute approximate surface area is 146 Å². The topological polar surface area (TPSA) is 51.2 Å². The molecule has 0 fully saturated rings. The van der Waals surface area contributed by atoms with Gasteiger partial charge >= 0.3 is 5.97 Å². The van der Waals surface area contributed by atoms with E-state index in [1.54, 1.807) is 6.07 Å². The van der Waals surface area contributed by atoms with Gasteiger partial charge in [-0.3, -0.25) is 4.79 Å². The number of rotatable bonds is 4. The highest BCUT2D eigenvalue weighted by molar-refractivity contribution is 9.10. The molecular formula is C17H13BrN2O2S. The first-order valence-electron chi connectivity index (χ1n) is 6.88. The predicted molar refractivity (Wildman–Crippen MR) is 96.3 cm³/mol. The standard InChI is InChI=1S/C17H13BrN2O2S/c1-11(21)22-16-9-5-2-6-12(16)15-10-23-17(20-15)19-14-8-4-3-7-13(14)18/h2-10H,1H3,(H,19,20). The van der Waals surface area contributed by atoms with Crippen LogP contribution in [0.3, 0.4) is 0 Å². The van der Waals surface area contributed by atoms with Crippen molar-refractivity contribution in [3.8, 4) is 17.0 Å². The summed E-state index contributed by atoms with van der Waals surface area (Å²) in [5, 5.41) is 5.98. The molecule has 0 aliphatic heterocycles. The van der Waals surface area contributed by atoms with Crippen molar-refractivity contribution < 1.29 is 9.53 Å². The minimum atomic E-state index is -0.348. The number of hydrogen-bond acceptors (Lipinski definition) is 5. The summed E-state index contributed by atoms with van der Waals surface area (Å²) >= 11 is 4.99. The molecule has 1 heterocycles. The van der Waals surface area contributed by atoms with Crippen LogP contribution in [0, 0.1) is 0 Å². The van der Waals surface area contributed by atoms with Gasteiger partial charge in [0.1, 0.15) is 5.75 Å². The molecule has 3 aromatic rings. The molecule has 0 unspecified atom stereocenters. The summed E-state index contributed by atoms with van der Waals surface area (Å²) in [5.74, 6) is 0.164. The molecular weight excluding hydrogens is 376 g/mol. The van der Waals surface area contributed by atoms with Crippen molar-refractivity contribution in [2.45, 2.75) is 6.92 Å². The van der Waals surface area contributed by atoms with Crippen LogP contribution in [0.1, 0.15) is 6.92 Å². The Morgan fingerprint density at radius 1 is 1.17 bits per heavy atom. The average molecular weight is 389 g/mol. The van der Waals surface area contributed by atoms with Gasteiger partial charge in [0.2, 0.25) is 0 Å². The molecule has 0 saturated heterocycles. The number of hydrogen-bond donors (Lipinski definition) is 1. The minimum Gasteiger partial charge on any atom is -0.426 e. The third-order valence-electron chi connectivity index (χ3n) is 3.04. The van der Waals surface area contributed by atoms with Gasteiger partial charge in [0, 0.05) is 22.3 Å². The van der Waals surface area contributed by atoms with Crippen LogP contribution in [-0.2, 0) is 4.79 Å². The molecule has 0 amide bonds. The molecule has 0 aliphatic rings. The summed E-state index contributed by atoms with van der Waals surface area (Å²) in [6, 6.07) is 15.2. The Balaban J connectivity index is 1.88. The van der Waals surface area contributed by atoms with Crippen LogP contribution in [-0.4, -0.2) is 11.0 Å². The molecule has 0 aliphatic carbocycles. The lowest BCUT2D eigenvalue weighted by Crippen LogP contribution is -2.02. The molecule has 0 spiro atoms. The Morgan fingerprint density at radius 2 is 1.91 bits per heavy atom. The molecule has 0 bridgehead atoms. The lowest BCUT2D eigenvalue weighted by atomic mass is 10.1. The van der Waals surface area contributed by atoms with Gasteiger partial charge in [0.05, 0.1) is 11.4 Å². The number of aromatic nitrogens is 1. The number of nitrogens with zero attached hydrogens (tertiary/aromatic N) is 1. The van der Waals surface area contributed by atoms with Crippen molar-refractivity contribution in [3.63, 3.8) is 0 Å². The molecule has 1 N–H and O–H groups in total. The van der Waals surface area contributed by atoms with Crippen molar-refractivity contribution in [2.24, 2.45) is 0 Å². The first-order valence-corrected chi connectivity index (χ1v) is 8.55. The zero-order chi connectivity index (χ0) is 16.2. The van der Waals surface area contributed by atoms with E-state index in [9.17, 15) is 4.79 Å². The number of esters is 1. The molecule has 23 heavy (non-hydrogen) atoms. The highest BCUT2D eigenvalue weighted by Crippen LogP contribution is 2.34. The number of carbonyl (C=O) groups excluding carboxylic acids is 1. The molecule has 3 rings (SSSR count). The normalized spacial score (nSPS) is 10.3. The predicted octanol–water partition coefficient (Wildman–Crippen LogP) is 5.24. The molecule has 0 atom stereocenters. The fraction of sp³-hybridized carbons (Fsp3) is 0.0588. The van der Waals surface area contributed by atoms with Crippen LogP contribution in [0.25, 0.3) is 11.3 Å². The Kier molecular flexibility index (Phi) is 4.73. The second kappa shape index (κ2) is 6.93. The van der Waals surface area contributed by atoms with E-state index in [0.29, 0.717) is 5.75 Å². The largest absolute Gasteiger partial charge is 0.426 e. The fourth-order valence-electron chi connectivity index (χ4n) is 2.05. The van der Waals surface area contributed by atoms with Crippen molar-refractivity contribution in [1.82, 2.24) is 4.98 Å². The summed E-state index contributed by atoms with van der Waals surface area (Å²) in [5.41, 5.74) is 2.50. The second-order valence-corrected chi connectivity index (χ2v) is 6.44. The number of nitrogens with one attached hydrogen (secondary N) is 1. The maximum atomic E-state index is 11.2. The lowest BCUT2D eigenvalue weighted by molar-refractivity contribution is -0.131. The van der Waals surface area contributed by atoms with E-state index < -0.39 is 0 Å². The van der Waals surface area contributed by atoms with Crippen molar-refractivity contribution >= 4 is 44.1 Å². The first-order chi connectivity index (χ1) is 11.1. The molecule has 1 aromatic heterocycles. The van der Waals surface area contributed by atoms with Crippen LogP contribution >= 0.6 is 27.3 Å². The summed E-state index contributed by atoms with van der Waals surface area (Å²) in [6.07, 6.45) is 0. The molecule has 0 radical (unpaired) electrons. The van der Waals surface area contributed by atoms with Crippen LogP contribution in [0.5, 0.6) is 5.75 Å². The second-order valence-electron chi connectivity index (χ2n) is 4.73.